The topological polar surface area (TPSA) is 55.5 Å². The molecule has 3 aromatic carbocycles. The molecule has 0 aliphatic heterocycles. The number of thiophene rings is 1. The van der Waals surface area contributed by atoms with Gasteiger partial charge in [0.15, 0.2) is 5.58 Å². The van der Waals surface area contributed by atoms with Crippen molar-refractivity contribution in [2.45, 2.75) is 12.5 Å². The summed E-state index contributed by atoms with van der Waals surface area (Å²) in [5.41, 5.74) is 3.67. The van der Waals surface area contributed by atoms with Crippen molar-refractivity contribution in [2.24, 2.45) is 0 Å². The van der Waals surface area contributed by atoms with Gasteiger partial charge in [0.1, 0.15) is 22.8 Å². The Labute approximate surface area is 172 Å². The molecule has 29 heavy (non-hydrogen) atoms. The minimum atomic E-state index is -0.597. The SMILES string of the molecule is O[C@@H](COc1cccc(-c2noc3ccsc23)c1)Cc1cccc2ccccc12. The van der Waals surface area contributed by atoms with E-state index in [-0.39, 0.29) is 6.61 Å². The molecule has 0 amide bonds. The summed E-state index contributed by atoms with van der Waals surface area (Å²) in [4.78, 5) is 0. The van der Waals surface area contributed by atoms with Gasteiger partial charge in [-0.05, 0) is 39.9 Å². The van der Waals surface area contributed by atoms with Gasteiger partial charge in [0.05, 0.1) is 6.10 Å². The van der Waals surface area contributed by atoms with Crippen LogP contribution in [0.1, 0.15) is 5.56 Å². The number of aromatic nitrogens is 1. The van der Waals surface area contributed by atoms with Gasteiger partial charge in [-0.1, -0.05) is 59.8 Å². The van der Waals surface area contributed by atoms with Crippen LogP contribution in [0, 0.1) is 0 Å². The van der Waals surface area contributed by atoms with E-state index in [9.17, 15) is 5.11 Å². The third kappa shape index (κ3) is 3.62. The lowest BCUT2D eigenvalue weighted by Gasteiger charge is -2.14. The van der Waals surface area contributed by atoms with Crippen LogP contribution < -0.4 is 4.74 Å². The summed E-state index contributed by atoms with van der Waals surface area (Å²) in [7, 11) is 0. The summed E-state index contributed by atoms with van der Waals surface area (Å²) in [6, 6.07) is 24.0. The smallest absolute Gasteiger partial charge is 0.178 e. The normalized spacial score (nSPS) is 12.4. The first-order chi connectivity index (χ1) is 14.3. The molecule has 5 aromatic rings. The molecule has 2 aromatic heterocycles. The molecule has 5 heteroatoms. The van der Waals surface area contributed by atoms with Crippen LogP contribution >= 0.6 is 11.3 Å². The second-order valence-electron chi connectivity index (χ2n) is 6.98. The van der Waals surface area contributed by atoms with Crippen molar-refractivity contribution >= 4 is 32.4 Å². The third-order valence-electron chi connectivity index (χ3n) is 4.96. The van der Waals surface area contributed by atoms with Crippen molar-refractivity contribution in [3.8, 4) is 17.0 Å². The highest BCUT2D eigenvalue weighted by molar-refractivity contribution is 7.17. The molecule has 0 bridgehead atoms. The highest BCUT2D eigenvalue weighted by Crippen LogP contribution is 2.33. The molecule has 0 fully saturated rings. The van der Waals surface area contributed by atoms with Crippen LogP contribution in [0.3, 0.4) is 0 Å². The lowest BCUT2D eigenvalue weighted by Crippen LogP contribution is -2.20. The number of hydrogen-bond donors (Lipinski definition) is 1. The van der Waals surface area contributed by atoms with E-state index in [4.69, 9.17) is 9.26 Å². The maximum Gasteiger partial charge on any atom is 0.178 e. The van der Waals surface area contributed by atoms with E-state index < -0.39 is 6.10 Å². The Kier molecular flexibility index (Phi) is 4.76. The van der Waals surface area contributed by atoms with Crippen molar-refractivity contribution in [3.63, 3.8) is 0 Å². The maximum atomic E-state index is 10.5. The van der Waals surface area contributed by atoms with Gasteiger partial charge in [-0.3, -0.25) is 0 Å². The van der Waals surface area contributed by atoms with E-state index >= 15 is 0 Å². The summed E-state index contributed by atoms with van der Waals surface area (Å²) in [5.74, 6) is 0.701. The van der Waals surface area contributed by atoms with Crippen LogP contribution in [-0.4, -0.2) is 23.0 Å². The Bertz CT molecular complexity index is 1270. The number of rotatable bonds is 6. The minimum Gasteiger partial charge on any atom is -0.491 e. The van der Waals surface area contributed by atoms with Gasteiger partial charge in [-0.15, -0.1) is 11.3 Å². The monoisotopic (exact) mass is 401 g/mol. The highest BCUT2D eigenvalue weighted by Gasteiger charge is 2.13. The third-order valence-corrected chi connectivity index (χ3v) is 5.87. The van der Waals surface area contributed by atoms with E-state index in [1.165, 1.54) is 10.8 Å². The number of nitrogens with zero attached hydrogens (tertiary/aromatic N) is 1. The van der Waals surface area contributed by atoms with E-state index in [1.807, 2.05) is 53.9 Å². The quantitative estimate of drug-likeness (QED) is 0.397. The molecule has 0 aliphatic rings. The fraction of sp³-hybridized carbons (Fsp3) is 0.125. The Balaban J connectivity index is 1.29. The van der Waals surface area contributed by atoms with Crippen molar-refractivity contribution in [3.05, 3.63) is 83.7 Å². The first-order valence-electron chi connectivity index (χ1n) is 9.49. The van der Waals surface area contributed by atoms with Crippen molar-refractivity contribution in [1.82, 2.24) is 5.16 Å². The summed E-state index contributed by atoms with van der Waals surface area (Å²) in [6.45, 7) is 0.222. The van der Waals surface area contributed by atoms with Gasteiger partial charge in [-0.25, -0.2) is 0 Å². The molecule has 0 spiro atoms. The molecule has 2 heterocycles. The Hall–Kier alpha value is -3.15. The highest BCUT2D eigenvalue weighted by atomic mass is 32.1. The average Bonchev–Trinajstić information content (AvgIpc) is 3.37. The second-order valence-corrected chi connectivity index (χ2v) is 7.90. The second kappa shape index (κ2) is 7.70. The molecular formula is C24H19NO3S. The lowest BCUT2D eigenvalue weighted by molar-refractivity contribution is 0.108. The summed E-state index contributed by atoms with van der Waals surface area (Å²) < 4.78 is 12.3. The Morgan fingerprint density at radius 3 is 2.83 bits per heavy atom. The Morgan fingerprint density at radius 1 is 1.00 bits per heavy atom. The van der Waals surface area contributed by atoms with Crippen molar-refractivity contribution < 1.29 is 14.4 Å². The molecule has 1 N–H and O–H groups in total. The minimum absolute atomic E-state index is 0.222. The van der Waals surface area contributed by atoms with Gasteiger partial charge >= 0.3 is 0 Å². The predicted octanol–water partition coefficient (Wildman–Crippen LogP) is 5.69. The van der Waals surface area contributed by atoms with Crippen LogP contribution in [0.4, 0.5) is 0 Å². The van der Waals surface area contributed by atoms with Crippen LogP contribution in [0.2, 0.25) is 0 Å². The van der Waals surface area contributed by atoms with Crippen LogP contribution in [0.5, 0.6) is 5.75 Å². The first-order valence-corrected chi connectivity index (χ1v) is 10.4. The number of aliphatic hydroxyl groups is 1. The molecule has 0 saturated carbocycles. The molecule has 4 nitrogen and oxygen atoms in total. The Morgan fingerprint density at radius 2 is 1.86 bits per heavy atom. The number of ether oxygens (including phenoxy) is 1. The van der Waals surface area contributed by atoms with E-state index in [1.54, 1.807) is 11.3 Å². The zero-order valence-electron chi connectivity index (χ0n) is 15.6. The summed E-state index contributed by atoms with van der Waals surface area (Å²) in [6.07, 6.45) is -0.0549. The summed E-state index contributed by atoms with van der Waals surface area (Å²) >= 11 is 1.60. The molecule has 5 rings (SSSR count). The van der Waals surface area contributed by atoms with E-state index in [2.05, 4.69) is 29.4 Å². The van der Waals surface area contributed by atoms with Gasteiger partial charge in [0, 0.05) is 12.0 Å². The number of aliphatic hydroxyl groups excluding tert-OH is 1. The molecule has 144 valence electrons. The van der Waals surface area contributed by atoms with Gasteiger partial charge < -0.3 is 14.4 Å². The standard InChI is InChI=1S/C24H19NO3S/c26-19(13-17-7-3-6-16-5-1-2-10-21(16)17)15-27-20-9-4-8-18(14-20)23-24-22(28-25-23)11-12-29-24/h1-12,14,19,26H,13,15H2/t19-/m1/s1. The number of benzene rings is 3. The molecule has 0 radical (unpaired) electrons. The van der Waals surface area contributed by atoms with Gasteiger partial charge in [0.2, 0.25) is 0 Å². The fourth-order valence-electron chi connectivity index (χ4n) is 3.57. The molecular weight excluding hydrogens is 382 g/mol. The zero-order valence-corrected chi connectivity index (χ0v) is 16.4. The van der Waals surface area contributed by atoms with Gasteiger partial charge in [0.25, 0.3) is 0 Å². The predicted molar refractivity (Wildman–Crippen MR) is 116 cm³/mol. The number of fused-ring (bicyclic) bond motifs is 2. The van der Waals surface area contributed by atoms with Gasteiger partial charge in [-0.2, -0.15) is 0 Å². The average molecular weight is 401 g/mol. The molecule has 0 unspecified atom stereocenters. The maximum absolute atomic E-state index is 10.5. The van der Waals surface area contributed by atoms with Crippen molar-refractivity contribution in [2.75, 3.05) is 6.61 Å². The summed E-state index contributed by atoms with van der Waals surface area (Å²) in [5, 5.41) is 19.1. The van der Waals surface area contributed by atoms with Crippen molar-refractivity contribution in [1.29, 1.82) is 0 Å². The zero-order chi connectivity index (χ0) is 19.6. The molecule has 0 saturated heterocycles. The lowest BCUT2D eigenvalue weighted by atomic mass is 10.00. The largest absolute Gasteiger partial charge is 0.491 e. The fourth-order valence-corrected chi connectivity index (χ4v) is 4.39. The van der Waals surface area contributed by atoms with E-state index in [0.29, 0.717) is 12.2 Å². The van der Waals surface area contributed by atoms with E-state index in [0.717, 1.165) is 27.1 Å². The molecule has 0 aliphatic carbocycles. The van der Waals surface area contributed by atoms with Crippen LogP contribution in [-0.2, 0) is 6.42 Å². The molecule has 1 atom stereocenters. The first kappa shape index (κ1) is 17.9. The number of hydrogen-bond acceptors (Lipinski definition) is 5. The van der Waals surface area contributed by atoms with Crippen LogP contribution in [0.15, 0.2) is 82.7 Å². The van der Waals surface area contributed by atoms with Crippen LogP contribution in [0.25, 0.3) is 32.3 Å².